The second-order valence-corrected chi connectivity index (χ2v) is 26.4. The van der Waals surface area contributed by atoms with Crippen molar-refractivity contribution in [3.63, 3.8) is 0 Å². The van der Waals surface area contributed by atoms with E-state index in [1.54, 1.807) is 6.92 Å². The highest BCUT2D eigenvalue weighted by molar-refractivity contribution is 5.99. The van der Waals surface area contributed by atoms with Crippen LogP contribution in [0.3, 0.4) is 0 Å². The Morgan fingerprint density at radius 2 is 0.625 bits per heavy atom. The van der Waals surface area contributed by atoms with Gasteiger partial charge < -0.3 is 9.47 Å². The summed E-state index contributed by atoms with van der Waals surface area (Å²) in [5.41, 5.74) is -23.1. The van der Waals surface area contributed by atoms with Crippen LogP contribution in [0.15, 0.2) is 152 Å². The van der Waals surface area contributed by atoms with Crippen LogP contribution in [-0.2, 0) is 59.7 Å². The summed E-state index contributed by atoms with van der Waals surface area (Å²) < 4.78 is 379. The second-order valence-electron chi connectivity index (χ2n) is 26.4. The van der Waals surface area contributed by atoms with Gasteiger partial charge in [0.2, 0.25) is 0 Å². The number of hydrogen-bond donors (Lipinski definition) is 0. The van der Waals surface area contributed by atoms with Crippen molar-refractivity contribution >= 4 is 0 Å². The zero-order valence-electron chi connectivity index (χ0n) is 54.1. The van der Waals surface area contributed by atoms with E-state index in [4.69, 9.17) is 9.47 Å². The van der Waals surface area contributed by atoms with Crippen molar-refractivity contribution < 1.29 is 115 Å². The Kier molecular flexibility index (Phi) is 18.1. The Bertz CT molecular complexity index is 4730. The van der Waals surface area contributed by atoms with Crippen molar-refractivity contribution in [2.45, 2.75) is 138 Å². The van der Waals surface area contributed by atoms with E-state index in [0.717, 1.165) is 0 Å². The van der Waals surface area contributed by atoms with E-state index < -0.39 is 164 Å². The second kappa shape index (κ2) is 25.7. The average Bonchev–Trinajstić information content (AvgIpc) is 1.50. The van der Waals surface area contributed by atoms with Crippen molar-refractivity contribution in [3.05, 3.63) is 263 Å². The van der Waals surface area contributed by atoms with Crippen molar-refractivity contribution in [1.82, 2.24) is 0 Å². The lowest BCUT2D eigenvalue weighted by molar-refractivity contribution is -0.145. The fourth-order valence-corrected chi connectivity index (χ4v) is 15.3. The lowest BCUT2D eigenvalue weighted by Crippen LogP contribution is -2.33. The number of alkyl halides is 24. The first-order chi connectivity index (χ1) is 48.5. The molecular formula is C78H54F24O2. The number of unbranched alkanes of at least 4 members (excludes halogenated alkanes) is 6. The predicted octanol–water partition coefficient (Wildman–Crippen LogP) is 26.1. The molecule has 0 radical (unpaired) electrons. The Hall–Kier alpha value is -8.94. The molecule has 13 rings (SSSR count). The lowest BCUT2D eigenvalue weighted by Gasteiger charge is -2.36. The number of halogens is 24. The van der Waals surface area contributed by atoms with Crippen LogP contribution in [0.4, 0.5) is 105 Å². The molecule has 26 heteroatoms. The van der Waals surface area contributed by atoms with Crippen LogP contribution in [-0.4, -0.2) is 13.2 Å². The third-order valence-corrected chi connectivity index (χ3v) is 19.8. The molecule has 0 aromatic heterocycles. The molecule has 0 saturated heterocycles. The van der Waals surface area contributed by atoms with Gasteiger partial charge in [0.05, 0.1) is 51.1 Å². The molecule has 0 amide bonds. The van der Waals surface area contributed by atoms with Crippen molar-refractivity contribution in [1.29, 1.82) is 0 Å². The topological polar surface area (TPSA) is 18.5 Å². The number of rotatable bonds is 16. The van der Waals surface area contributed by atoms with Crippen molar-refractivity contribution in [2.75, 3.05) is 13.2 Å². The summed E-state index contributed by atoms with van der Waals surface area (Å²) in [6.45, 7) is 2.60. The fourth-order valence-electron chi connectivity index (χ4n) is 15.3. The molecule has 4 unspecified atom stereocenters. The van der Waals surface area contributed by atoms with Gasteiger partial charge in [-0.25, -0.2) is 0 Å². The summed E-state index contributed by atoms with van der Waals surface area (Å²) in [4.78, 5) is 0. The third kappa shape index (κ3) is 13.0. The number of ether oxygens (including phenoxy) is 2. The van der Waals surface area contributed by atoms with Gasteiger partial charge in [-0.2, -0.15) is 105 Å². The first-order valence-corrected chi connectivity index (χ1v) is 32.8. The largest absolute Gasteiger partial charge is 0.492 e. The number of hydrogen-bond acceptors (Lipinski definition) is 2. The van der Waals surface area contributed by atoms with E-state index in [-0.39, 0.29) is 121 Å². The van der Waals surface area contributed by atoms with E-state index >= 15 is 52.7 Å². The Morgan fingerprint density at radius 3 is 1.02 bits per heavy atom. The normalized spacial score (nSPS) is 17.7. The first-order valence-electron chi connectivity index (χ1n) is 32.8. The molecule has 4 atom stereocenters. The SMILES string of the molecule is CCCCCCOc1c2c(cc3c1C(OCCCCCC)(c1cc(C(F)(F)F)cc(C(F)(F)F)c1)c1cc4c(cc1-3)C(c1cc(C(F)(F)F)cc(C(F)(F)F)c1)c1ccccc1-4)C(c1cc(C(F)(F)F)cc(C(F)(F)F)c1)c1cc3c(cc1-2)C(c1cc(C(F)(F)F)cc(C(F)(F)F)c1)c1ccccc1-3. The minimum absolute atomic E-state index is 0.00189. The summed E-state index contributed by atoms with van der Waals surface area (Å²) in [6, 6.07) is 20.1. The molecular weight excluding hydrogens is 1420 g/mol. The number of benzene rings is 9. The molecule has 4 aliphatic carbocycles. The average molecular weight is 1480 g/mol. The maximum absolute atomic E-state index is 15.7. The van der Waals surface area contributed by atoms with E-state index in [9.17, 15) is 52.7 Å². The maximum atomic E-state index is 15.7. The number of fused-ring (bicyclic) bond motifs is 12. The molecule has 104 heavy (non-hydrogen) atoms. The molecule has 9 aromatic rings. The zero-order valence-corrected chi connectivity index (χ0v) is 54.1. The Balaban J connectivity index is 1.23. The van der Waals surface area contributed by atoms with Crippen LogP contribution in [0.1, 0.15) is 194 Å². The van der Waals surface area contributed by atoms with E-state index in [2.05, 4.69) is 0 Å². The van der Waals surface area contributed by atoms with Crippen molar-refractivity contribution in [3.8, 4) is 50.3 Å². The van der Waals surface area contributed by atoms with Gasteiger partial charge in [0.1, 0.15) is 11.4 Å². The Labute approximate surface area is 577 Å². The standard InChI is InChI=1S/C78H54F24O2/c1-3-5-7-13-19-103-69-67-60-35-58-54(50-15-9-11-17-52(50)65(58)39-23-44(73(85,86)87)30-45(24-39)74(88,89)90)33-59(60)66(40-25-46(75(91,92)93)31-47(26-40)76(94,95)96)62(67)36-61-56-34-57-55(51-16-10-12-18-53(51)64(57)38-21-42(71(79,80)81)29-43(22-38)72(82,83)84)37-63(56)70(68(61)69,104-20-14-8-6-4-2)41-27-48(77(97,98)99)32-49(28-41)78(100,101)102/h9-12,15-18,21-37,64-66H,3-8,13-14,19-20H2,1-2H3. The summed E-state index contributed by atoms with van der Waals surface area (Å²) >= 11 is 0. The molecule has 0 saturated carbocycles. The van der Waals surface area contributed by atoms with Gasteiger partial charge in [0, 0.05) is 41.1 Å². The van der Waals surface area contributed by atoms with Gasteiger partial charge in [0.25, 0.3) is 0 Å². The third-order valence-electron chi connectivity index (χ3n) is 19.8. The molecule has 0 aliphatic heterocycles. The fraction of sp³-hybridized carbons (Fsp3) is 0.308. The minimum atomic E-state index is -5.62. The molecule has 2 nitrogen and oxygen atoms in total. The molecule has 0 N–H and O–H groups in total. The van der Waals surface area contributed by atoms with Gasteiger partial charge in [-0.1, -0.05) is 101 Å². The molecule has 0 heterocycles. The minimum Gasteiger partial charge on any atom is -0.492 e. The maximum Gasteiger partial charge on any atom is 0.416 e. The Morgan fingerprint density at radius 1 is 0.298 bits per heavy atom. The summed E-state index contributed by atoms with van der Waals surface area (Å²) in [5.74, 6) is -5.76. The van der Waals surface area contributed by atoms with E-state index in [1.807, 2.05) is 6.92 Å². The summed E-state index contributed by atoms with van der Waals surface area (Å²) in [7, 11) is 0. The van der Waals surface area contributed by atoms with Crippen LogP contribution in [0.25, 0.3) is 44.5 Å². The monoisotopic (exact) mass is 1480 g/mol. The first kappa shape index (κ1) is 73.4. The smallest absolute Gasteiger partial charge is 0.416 e. The predicted molar refractivity (Wildman–Crippen MR) is 336 cm³/mol. The van der Waals surface area contributed by atoms with Crippen LogP contribution in [0.2, 0.25) is 0 Å². The molecule has 0 bridgehead atoms. The van der Waals surface area contributed by atoms with Gasteiger partial charge in [0.15, 0.2) is 0 Å². The van der Waals surface area contributed by atoms with Gasteiger partial charge >= 0.3 is 49.4 Å². The van der Waals surface area contributed by atoms with Gasteiger partial charge in [-0.15, -0.1) is 0 Å². The van der Waals surface area contributed by atoms with Gasteiger partial charge in [-0.3, -0.25) is 0 Å². The van der Waals surface area contributed by atoms with Crippen LogP contribution >= 0.6 is 0 Å². The zero-order chi connectivity index (χ0) is 75.1. The van der Waals surface area contributed by atoms with Crippen LogP contribution in [0.5, 0.6) is 5.75 Å². The highest BCUT2D eigenvalue weighted by atomic mass is 19.4. The van der Waals surface area contributed by atoms with Crippen LogP contribution < -0.4 is 4.74 Å². The van der Waals surface area contributed by atoms with Crippen molar-refractivity contribution in [2.24, 2.45) is 0 Å². The van der Waals surface area contributed by atoms with Crippen LogP contribution in [0, 0.1) is 0 Å². The summed E-state index contributed by atoms with van der Waals surface area (Å²) in [6.07, 6.45) is -41.3. The molecule has 4 aliphatic rings. The molecule has 0 spiro atoms. The highest BCUT2D eigenvalue weighted by Crippen LogP contribution is 2.67. The van der Waals surface area contributed by atoms with Gasteiger partial charge in [-0.05, 0) is 211 Å². The quantitative estimate of drug-likeness (QED) is 0.0709. The molecule has 9 aromatic carbocycles. The summed E-state index contributed by atoms with van der Waals surface area (Å²) in [5, 5.41) is 0. The highest BCUT2D eigenvalue weighted by Gasteiger charge is 2.55. The molecule has 0 fully saturated rings. The lowest BCUT2D eigenvalue weighted by atomic mass is 9.79. The van der Waals surface area contributed by atoms with E-state index in [1.165, 1.54) is 78.9 Å². The van der Waals surface area contributed by atoms with E-state index in [0.29, 0.717) is 87.1 Å². The molecule has 546 valence electrons.